The maximum absolute atomic E-state index is 12.9. The van der Waals surface area contributed by atoms with Gasteiger partial charge in [-0.25, -0.2) is 14.4 Å². The van der Waals surface area contributed by atoms with Crippen molar-refractivity contribution in [2.75, 3.05) is 38.0 Å². The lowest BCUT2D eigenvalue weighted by Gasteiger charge is -2.33. The molecule has 1 N–H and O–H groups in total. The van der Waals surface area contributed by atoms with Crippen molar-refractivity contribution in [3.05, 3.63) is 48.2 Å². The largest absolute Gasteiger partial charge is 0.339 e. The van der Waals surface area contributed by atoms with Gasteiger partial charge in [-0.15, -0.1) is 0 Å². The summed E-state index contributed by atoms with van der Waals surface area (Å²) in [5.41, 5.74) is 1.05. The number of rotatable bonds is 4. The average molecular weight is 329 g/mol. The summed E-state index contributed by atoms with van der Waals surface area (Å²) < 4.78 is 12.9. The summed E-state index contributed by atoms with van der Waals surface area (Å²) in [5.74, 6) is 0.122. The van der Waals surface area contributed by atoms with Crippen LogP contribution in [-0.4, -0.2) is 58.4 Å². The van der Waals surface area contributed by atoms with Crippen LogP contribution < -0.4 is 5.32 Å². The molecule has 0 radical (unpaired) electrons. The Kier molecular flexibility index (Phi) is 5.00. The van der Waals surface area contributed by atoms with Gasteiger partial charge in [-0.2, -0.15) is 0 Å². The third-order valence-corrected chi connectivity index (χ3v) is 4.09. The number of piperazine rings is 1. The lowest BCUT2D eigenvalue weighted by Crippen LogP contribution is -2.48. The molecular weight excluding hydrogens is 309 g/mol. The lowest BCUT2D eigenvalue weighted by molar-refractivity contribution is 0.0637. The van der Waals surface area contributed by atoms with Crippen molar-refractivity contribution >= 4 is 17.4 Å². The molecule has 1 aliphatic rings. The molecule has 0 aliphatic carbocycles. The average Bonchev–Trinajstić information content (AvgIpc) is 2.64. The minimum atomic E-state index is -0.296. The van der Waals surface area contributed by atoms with E-state index in [1.807, 2.05) is 4.90 Å². The molecule has 3 rings (SSSR count). The van der Waals surface area contributed by atoms with Gasteiger partial charge in [-0.05, 0) is 30.8 Å². The van der Waals surface area contributed by atoms with Crippen molar-refractivity contribution in [2.24, 2.45) is 0 Å². The summed E-state index contributed by atoms with van der Waals surface area (Å²) in [4.78, 5) is 25.0. The Morgan fingerprint density at radius 2 is 1.83 bits per heavy atom. The number of benzene rings is 1. The van der Waals surface area contributed by atoms with Crippen LogP contribution in [0, 0.1) is 5.82 Å². The molecule has 24 heavy (non-hydrogen) atoms. The molecular formula is C17H20FN5O. The van der Waals surface area contributed by atoms with E-state index in [-0.39, 0.29) is 11.7 Å². The minimum absolute atomic E-state index is 0.0911. The second kappa shape index (κ2) is 7.35. The molecule has 1 aliphatic heterocycles. The number of hydrogen-bond acceptors (Lipinski definition) is 5. The molecule has 6 nitrogen and oxygen atoms in total. The van der Waals surface area contributed by atoms with E-state index in [0.717, 1.165) is 19.6 Å². The van der Waals surface area contributed by atoms with Crippen molar-refractivity contribution < 1.29 is 9.18 Å². The van der Waals surface area contributed by atoms with Crippen molar-refractivity contribution in [3.63, 3.8) is 0 Å². The number of carbonyl (C=O) groups is 1. The standard InChI is InChI=1S/C17H20FN5O/c1-2-22-7-9-23(10-8-22)17(24)15-11-20-16(12-19-15)21-14-5-3-13(18)4-6-14/h3-6,11-12H,2,7-10H2,1H3,(H,20,21). The molecule has 0 bridgehead atoms. The number of aromatic nitrogens is 2. The molecule has 7 heteroatoms. The van der Waals surface area contributed by atoms with Crippen molar-refractivity contribution in [3.8, 4) is 0 Å². The Balaban J connectivity index is 1.61. The Morgan fingerprint density at radius 3 is 2.42 bits per heavy atom. The number of halogens is 1. The maximum atomic E-state index is 12.9. The predicted molar refractivity (Wildman–Crippen MR) is 89.7 cm³/mol. The van der Waals surface area contributed by atoms with Crippen molar-refractivity contribution in [1.29, 1.82) is 0 Å². The molecule has 0 unspecified atom stereocenters. The van der Waals surface area contributed by atoms with Crippen LogP contribution in [0.2, 0.25) is 0 Å². The SMILES string of the molecule is CCN1CCN(C(=O)c2cnc(Nc3ccc(F)cc3)cn2)CC1. The highest BCUT2D eigenvalue weighted by atomic mass is 19.1. The van der Waals surface area contributed by atoms with Gasteiger partial charge < -0.3 is 15.1 Å². The van der Waals surface area contributed by atoms with Gasteiger partial charge in [0.15, 0.2) is 0 Å². The van der Waals surface area contributed by atoms with Crippen LogP contribution in [-0.2, 0) is 0 Å². The summed E-state index contributed by atoms with van der Waals surface area (Å²) in [5, 5.41) is 3.02. The quantitative estimate of drug-likeness (QED) is 0.931. The van der Waals surface area contributed by atoms with Crippen LogP contribution in [0.5, 0.6) is 0 Å². The maximum Gasteiger partial charge on any atom is 0.274 e. The molecule has 0 saturated carbocycles. The summed E-state index contributed by atoms with van der Waals surface area (Å²) in [6, 6.07) is 5.96. The van der Waals surface area contributed by atoms with Crippen LogP contribution in [0.4, 0.5) is 15.9 Å². The van der Waals surface area contributed by atoms with Gasteiger partial charge in [0.05, 0.1) is 12.4 Å². The topological polar surface area (TPSA) is 61.4 Å². The van der Waals surface area contributed by atoms with Gasteiger partial charge in [-0.3, -0.25) is 4.79 Å². The van der Waals surface area contributed by atoms with Crippen LogP contribution in [0.15, 0.2) is 36.7 Å². The van der Waals surface area contributed by atoms with Gasteiger partial charge in [-0.1, -0.05) is 6.92 Å². The first-order chi connectivity index (χ1) is 11.7. The Hall–Kier alpha value is -2.54. The third-order valence-electron chi connectivity index (χ3n) is 4.09. The smallest absolute Gasteiger partial charge is 0.274 e. The zero-order chi connectivity index (χ0) is 16.9. The van der Waals surface area contributed by atoms with E-state index in [2.05, 4.69) is 27.1 Å². The van der Waals surface area contributed by atoms with Crippen molar-refractivity contribution in [1.82, 2.24) is 19.8 Å². The first-order valence-electron chi connectivity index (χ1n) is 8.02. The fourth-order valence-corrected chi connectivity index (χ4v) is 2.61. The number of nitrogens with zero attached hydrogens (tertiary/aromatic N) is 4. The number of carbonyl (C=O) groups excluding carboxylic acids is 1. The van der Waals surface area contributed by atoms with E-state index in [0.29, 0.717) is 30.3 Å². The molecule has 1 amide bonds. The highest BCUT2D eigenvalue weighted by molar-refractivity contribution is 5.92. The van der Waals surface area contributed by atoms with E-state index in [1.54, 1.807) is 12.1 Å². The van der Waals surface area contributed by atoms with Gasteiger partial charge >= 0.3 is 0 Å². The molecule has 0 atom stereocenters. The number of nitrogens with one attached hydrogen (secondary N) is 1. The molecule has 0 spiro atoms. The number of amides is 1. The lowest BCUT2D eigenvalue weighted by atomic mass is 10.3. The number of likely N-dealkylation sites (N-methyl/N-ethyl adjacent to an activating group) is 1. The molecule has 1 saturated heterocycles. The summed E-state index contributed by atoms with van der Waals surface area (Å²) in [7, 11) is 0. The van der Waals surface area contributed by atoms with E-state index >= 15 is 0 Å². The normalized spacial score (nSPS) is 15.3. The fourth-order valence-electron chi connectivity index (χ4n) is 2.61. The molecule has 1 aromatic heterocycles. The second-order valence-corrected chi connectivity index (χ2v) is 5.65. The van der Waals surface area contributed by atoms with E-state index in [9.17, 15) is 9.18 Å². The summed E-state index contributed by atoms with van der Waals surface area (Å²) in [6.07, 6.45) is 2.99. The highest BCUT2D eigenvalue weighted by Crippen LogP contribution is 2.14. The summed E-state index contributed by atoms with van der Waals surface area (Å²) in [6.45, 7) is 6.33. The van der Waals surface area contributed by atoms with Crippen LogP contribution in [0.3, 0.4) is 0 Å². The Morgan fingerprint density at radius 1 is 1.12 bits per heavy atom. The van der Waals surface area contributed by atoms with Crippen LogP contribution in [0.25, 0.3) is 0 Å². The zero-order valence-electron chi connectivity index (χ0n) is 13.6. The Labute approximate surface area is 140 Å². The molecule has 2 heterocycles. The minimum Gasteiger partial charge on any atom is -0.339 e. The van der Waals surface area contributed by atoms with Gasteiger partial charge in [0, 0.05) is 31.9 Å². The monoisotopic (exact) mass is 329 g/mol. The predicted octanol–water partition coefficient (Wildman–Crippen LogP) is 2.14. The van der Waals surface area contributed by atoms with Gasteiger partial charge in [0.2, 0.25) is 0 Å². The second-order valence-electron chi connectivity index (χ2n) is 5.65. The third kappa shape index (κ3) is 3.86. The van der Waals surface area contributed by atoms with Gasteiger partial charge in [0.25, 0.3) is 5.91 Å². The number of hydrogen-bond donors (Lipinski definition) is 1. The van der Waals surface area contributed by atoms with Crippen molar-refractivity contribution in [2.45, 2.75) is 6.92 Å². The van der Waals surface area contributed by atoms with E-state index in [4.69, 9.17) is 0 Å². The van der Waals surface area contributed by atoms with Crippen LogP contribution >= 0.6 is 0 Å². The first-order valence-corrected chi connectivity index (χ1v) is 8.02. The van der Waals surface area contributed by atoms with Gasteiger partial charge in [0.1, 0.15) is 17.3 Å². The molecule has 1 aromatic carbocycles. The first kappa shape index (κ1) is 16.3. The number of anilines is 2. The summed E-state index contributed by atoms with van der Waals surface area (Å²) >= 11 is 0. The zero-order valence-corrected chi connectivity index (χ0v) is 13.6. The van der Waals surface area contributed by atoms with E-state index in [1.165, 1.54) is 24.5 Å². The highest BCUT2D eigenvalue weighted by Gasteiger charge is 2.22. The Bertz CT molecular complexity index is 681. The molecule has 2 aromatic rings. The molecule has 1 fully saturated rings. The van der Waals surface area contributed by atoms with E-state index < -0.39 is 0 Å². The van der Waals surface area contributed by atoms with Crippen LogP contribution in [0.1, 0.15) is 17.4 Å². The molecule has 126 valence electrons. The fraction of sp³-hybridized carbons (Fsp3) is 0.353.